The second kappa shape index (κ2) is 9.10. The number of thioether (sulfide) groups is 1. The molecule has 0 unspecified atom stereocenters. The number of rotatable bonds is 7. The molecule has 0 saturated heterocycles. The standard InChI is InChI=1S/C21H27NO3S/c1-15(23)22-17-7-11-20(12-8-17)26-14-18(24)13-25-19-9-5-16(6-10-19)21(2,3)4/h5-12,18,24H,13-14H2,1-4H3,(H,22,23)/t18-/m1/s1. The minimum absolute atomic E-state index is 0.0893. The molecule has 0 aliphatic carbocycles. The average molecular weight is 374 g/mol. The molecule has 0 aromatic heterocycles. The summed E-state index contributed by atoms with van der Waals surface area (Å²) in [5.74, 6) is 1.22. The molecule has 0 spiro atoms. The van der Waals surface area contributed by atoms with Gasteiger partial charge in [-0.2, -0.15) is 0 Å². The van der Waals surface area contributed by atoms with Crippen LogP contribution in [0.5, 0.6) is 5.75 Å². The van der Waals surface area contributed by atoms with Crippen LogP contribution in [-0.2, 0) is 10.2 Å². The van der Waals surface area contributed by atoms with Crippen molar-refractivity contribution >= 4 is 23.4 Å². The molecule has 1 amide bonds. The molecule has 0 fully saturated rings. The smallest absolute Gasteiger partial charge is 0.221 e. The zero-order chi connectivity index (χ0) is 19.2. The molecule has 0 aliphatic rings. The van der Waals surface area contributed by atoms with Crippen molar-refractivity contribution < 1.29 is 14.6 Å². The highest BCUT2D eigenvalue weighted by molar-refractivity contribution is 7.99. The van der Waals surface area contributed by atoms with Gasteiger partial charge in [-0.25, -0.2) is 0 Å². The molecule has 0 bridgehead atoms. The number of amides is 1. The summed E-state index contributed by atoms with van der Waals surface area (Å²) in [6, 6.07) is 15.6. The van der Waals surface area contributed by atoms with Crippen molar-refractivity contribution in [2.75, 3.05) is 17.7 Å². The second-order valence-electron chi connectivity index (χ2n) is 7.26. The molecule has 2 rings (SSSR count). The number of carbonyl (C=O) groups excluding carboxylic acids is 1. The first-order valence-electron chi connectivity index (χ1n) is 8.66. The van der Waals surface area contributed by atoms with Crippen LogP contribution in [0.3, 0.4) is 0 Å². The van der Waals surface area contributed by atoms with Gasteiger partial charge in [0.1, 0.15) is 12.4 Å². The van der Waals surface area contributed by atoms with Gasteiger partial charge >= 0.3 is 0 Å². The van der Waals surface area contributed by atoms with Crippen LogP contribution in [0.1, 0.15) is 33.3 Å². The number of anilines is 1. The summed E-state index contributed by atoms with van der Waals surface area (Å²) in [5, 5.41) is 12.9. The Balaban J connectivity index is 1.76. The largest absolute Gasteiger partial charge is 0.491 e. The van der Waals surface area contributed by atoms with Gasteiger partial charge in [-0.15, -0.1) is 11.8 Å². The molecule has 2 N–H and O–H groups in total. The first-order chi connectivity index (χ1) is 12.2. The Morgan fingerprint density at radius 3 is 2.27 bits per heavy atom. The third-order valence-corrected chi connectivity index (χ3v) is 4.94. The minimum atomic E-state index is -0.558. The third-order valence-electron chi connectivity index (χ3n) is 3.78. The van der Waals surface area contributed by atoms with Crippen molar-refractivity contribution in [2.45, 2.75) is 44.1 Å². The first-order valence-corrected chi connectivity index (χ1v) is 9.64. The zero-order valence-electron chi connectivity index (χ0n) is 15.8. The maximum Gasteiger partial charge on any atom is 0.221 e. The molecular formula is C21H27NO3S. The first kappa shape index (κ1) is 20.3. The predicted octanol–water partition coefficient (Wildman–Crippen LogP) is 4.47. The molecule has 0 saturated carbocycles. The summed E-state index contributed by atoms with van der Waals surface area (Å²) < 4.78 is 5.68. The Morgan fingerprint density at radius 2 is 1.73 bits per heavy atom. The van der Waals surface area contributed by atoms with Gasteiger partial charge in [0.25, 0.3) is 0 Å². The molecule has 1 atom stereocenters. The molecule has 4 nitrogen and oxygen atoms in total. The van der Waals surface area contributed by atoms with Gasteiger partial charge in [0.15, 0.2) is 0 Å². The average Bonchev–Trinajstić information content (AvgIpc) is 2.58. The Bertz CT molecular complexity index is 706. The lowest BCUT2D eigenvalue weighted by atomic mass is 9.87. The second-order valence-corrected chi connectivity index (χ2v) is 8.35. The van der Waals surface area contributed by atoms with Crippen LogP contribution in [0, 0.1) is 0 Å². The van der Waals surface area contributed by atoms with E-state index in [1.807, 2.05) is 36.4 Å². The fourth-order valence-corrected chi connectivity index (χ4v) is 3.13. The van der Waals surface area contributed by atoms with E-state index in [2.05, 4.69) is 38.2 Å². The molecule has 2 aromatic rings. The van der Waals surface area contributed by atoms with E-state index < -0.39 is 6.10 Å². The zero-order valence-corrected chi connectivity index (χ0v) is 16.6. The van der Waals surface area contributed by atoms with Crippen molar-refractivity contribution in [2.24, 2.45) is 0 Å². The molecular weight excluding hydrogens is 346 g/mol. The third kappa shape index (κ3) is 6.73. The lowest BCUT2D eigenvalue weighted by molar-refractivity contribution is -0.114. The molecule has 5 heteroatoms. The van der Waals surface area contributed by atoms with E-state index in [1.165, 1.54) is 12.5 Å². The maximum atomic E-state index is 11.0. The summed E-state index contributed by atoms with van der Waals surface area (Å²) >= 11 is 1.55. The Morgan fingerprint density at radius 1 is 1.12 bits per heavy atom. The van der Waals surface area contributed by atoms with Crippen molar-refractivity contribution in [1.82, 2.24) is 0 Å². The number of benzene rings is 2. The summed E-state index contributed by atoms with van der Waals surface area (Å²) in [7, 11) is 0. The van der Waals surface area contributed by atoms with Gasteiger partial charge < -0.3 is 15.2 Å². The van der Waals surface area contributed by atoms with Gasteiger partial charge in [-0.1, -0.05) is 32.9 Å². The number of aliphatic hydroxyl groups is 1. The van der Waals surface area contributed by atoms with Crippen LogP contribution >= 0.6 is 11.8 Å². The lowest BCUT2D eigenvalue weighted by Crippen LogP contribution is -2.20. The number of nitrogens with one attached hydrogen (secondary N) is 1. The highest BCUT2D eigenvalue weighted by Crippen LogP contribution is 2.25. The normalized spacial score (nSPS) is 12.5. The fraction of sp³-hybridized carbons (Fsp3) is 0.381. The molecule has 0 aliphatic heterocycles. The Labute approximate surface area is 160 Å². The molecule has 140 valence electrons. The maximum absolute atomic E-state index is 11.0. The summed E-state index contributed by atoms with van der Waals surface area (Å²) in [4.78, 5) is 12.0. The van der Waals surface area contributed by atoms with Crippen molar-refractivity contribution in [1.29, 1.82) is 0 Å². The van der Waals surface area contributed by atoms with Gasteiger partial charge in [0.05, 0.1) is 6.10 Å². The SMILES string of the molecule is CC(=O)Nc1ccc(SC[C@H](O)COc2ccc(C(C)(C)C)cc2)cc1. The van der Waals surface area contributed by atoms with E-state index in [-0.39, 0.29) is 17.9 Å². The molecule has 2 aromatic carbocycles. The minimum Gasteiger partial charge on any atom is -0.491 e. The summed E-state index contributed by atoms with van der Waals surface area (Å²) in [6.07, 6.45) is -0.558. The quantitative estimate of drug-likeness (QED) is 0.703. The number of hydrogen-bond acceptors (Lipinski definition) is 4. The van der Waals surface area contributed by atoms with Crippen LogP contribution in [0.2, 0.25) is 0 Å². The van der Waals surface area contributed by atoms with Crippen LogP contribution < -0.4 is 10.1 Å². The Kier molecular flexibility index (Phi) is 7.12. The number of aliphatic hydroxyl groups excluding tert-OH is 1. The molecule has 26 heavy (non-hydrogen) atoms. The number of hydrogen-bond donors (Lipinski definition) is 2. The van der Waals surface area contributed by atoms with E-state index in [9.17, 15) is 9.90 Å². The van der Waals surface area contributed by atoms with Crippen molar-refractivity contribution in [3.8, 4) is 5.75 Å². The predicted molar refractivity (Wildman–Crippen MR) is 108 cm³/mol. The van der Waals surface area contributed by atoms with Gasteiger partial charge in [0.2, 0.25) is 5.91 Å². The summed E-state index contributed by atoms with van der Waals surface area (Å²) in [5.41, 5.74) is 2.14. The number of carbonyl (C=O) groups is 1. The van der Waals surface area contributed by atoms with E-state index >= 15 is 0 Å². The molecule has 0 heterocycles. The van der Waals surface area contributed by atoms with E-state index in [1.54, 1.807) is 11.8 Å². The van der Waals surface area contributed by atoms with Gasteiger partial charge in [0, 0.05) is 23.3 Å². The van der Waals surface area contributed by atoms with E-state index in [4.69, 9.17) is 4.74 Å². The highest BCUT2D eigenvalue weighted by Gasteiger charge is 2.13. The molecule has 0 radical (unpaired) electrons. The number of ether oxygens (including phenoxy) is 1. The van der Waals surface area contributed by atoms with E-state index in [0.717, 1.165) is 16.3 Å². The van der Waals surface area contributed by atoms with Crippen LogP contribution in [-0.4, -0.2) is 29.5 Å². The highest BCUT2D eigenvalue weighted by atomic mass is 32.2. The fourth-order valence-electron chi connectivity index (χ4n) is 2.32. The summed E-state index contributed by atoms with van der Waals surface area (Å²) in [6.45, 7) is 8.26. The topological polar surface area (TPSA) is 58.6 Å². The van der Waals surface area contributed by atoms with Crippen LogP contribution in [0.25, 0.3) is 0 Å². The van der Waals surface area contributed by atoms with Gasteiger partial charge in [-0.3, -0.25) is 4.79 Å². The van der Waals surface area contributed by atoms with Gasteiger partial charge in [-0.05, 0) is 47.4 Å². The Hall–Kier alpha value is -1.98. The van der Waals surface area contributed by atoms with E-state index in [0.29, 0.717) is 5.75 Å². The monoisotopic (exact) mass is 373 g/mol. The van der Waals surface area contributed by atoms with Crippen molar-refractivity contribution in [3.05, 3.63) is 54.1 Å². The van der Waals surface area contributed by atoms with Crippen LogP contribution in [0.15, 0.2) is 53.4 Å². The van der Waals surface area contributed by atoms with Crippen molar-refractivity contribution in [3.63, 3.8) is 0 Å². The lowest BCUT2D eigenvalue weighted by Gasteiger charge is -2.19. The van der Waals surface area contributed by atoms with Crippen LogP contribution in [0.4, 0.5) is 5.69 Å².